The lowest BCUT2D eigenvalue weighted by Gasteiger charge is -2.28. The molecular weight excluding hydrogens is 521 g/mol. The molecule has 0 saturated carbocycles. The summed E-state index contributed by atoms with van der Waals surface area (Å²) in [5.41, 5.74) is 2.27. The minimum absolute atomic E-state index is 0.00136. The molecule has 3 aliphatic heterocycles. The Bertz CT molecular complexity index is 1670. The van der Waals surface area contributed by atoms with Gasteiger partial charge in [-0.15, -0.1) is 0 Å². The van der Waals surface area contributed by atoms with Crippen molar-refractivity contribution in [3.63, 3.8) is 0 Å². The summed E-state index contributed by atoms with van der Waals surface area (Å²) < 4.78 is 20.7. The van der Waals surface area contributed by atoms with Crippen molar-refractivity contribution >= 4 is 46.6 Å². The first-order chi connectivity index (χ1) is 19.1. The van der Waals surface area contributed by atoms with E-state index in [0.29, 0.717) is 28.4 Å². The largest absolute Gasteiger partial charge is 0.482 e. The van der Waals surface area contributed by atoms with Crippen LogP contribution in [0.1, 0.15) is 39.3 Å². The lowest BCUT2D eigenvalue weighted by atomic mass is 10.00. The van der Waals surface area contributed by atoms with Gasteiger partial charge in [-0.05, 0) is 43.7 Å². The van der Waals surface area contributed by atoms with Crippen molar-refractivity contribution in [3.05, 3.63) is 65.2 Å². The Hall–Kier alpha value is -5.13. The van der Waals surface area contributed by atoms with Gasteiger partial charge in [0.15, 0.2) is 6.61 Å². The maximum Gasteiger partial charge on any atom is 0.264 e. The van der Waals surface area contributed by atoms with Gasteiger partial charge in [-0.25, -0.2) is 4.39 Å². The summed E-state index contributed by atoms with van der Waals surface area (Å²) in [6.07, 6.45) is 1.12. The number of fused-ring (bicyclic) bond motifs is 2. The van der Waals surface area contributed by atoms with Gasteiger partial charge in [-0.1, -0.05) is 6.07 Å². The van der Waals surface area contributed by atoms with Crippen LogP contribution in [0, 0.1) is 12.7 Å². The Morgan fingerprint density at radius 2 is 1.82 bits per heavy atom. The SMILES string of the molecule is Cc1cc(-c2cc3c(cc2Nc2cccc4c2C(=O)N([C@H]2CCC(=O)NC2=O)C4=O)N(C)C(=O)CO3)c(F)cn1. The van der Waals surface area contributed by atoms with Gasteiger partial charge in [-0.3, -0.25) is 39.2 Å². The van der Waals surface area contributed by atoms with Crippen LogP contribution in [0.5, 0.6) is 5.75 Å². The monoisotopic (exact) mass is 543 g/mol. The normalized spacial score (nSPS) is 18.4. The van der Waals surface area contributed by atoms with Gasteiger partial charge >= 0.3 is 0 Å². The number of pyridine rings is 1. The molecule has 3 aromatic rings. The predicted molar refractivity (Wildman–Crippen MR) is 140 cm³/mol. The quantitative estimate of drug-likeness (QED) is 0.479. The number of carbonyl (C=O) groups is 5. The Labute approximate surface area is 226 Å². The number of benzene rings is 2. The minimum Gasteiger partial charge on any atom is -0.482 e. The fourth-order valence-electron chi connectivity index (χ4n) is 5.16. The summed E-state index contributed by atoms with van der Waals surface area (Å²) >= 11 is 0. The van der Waals surface area contributed by atoms with Crippen molar-refractivity contribution < 1.29 is 33.1 Å². The van der Waals surface area contributed by atoms with E-state index in [-0.39, 0.29) is 47.7 Å². The number of anilines is 3. The average Bonchev–Trinajstić information content (AvgIpc) is 3.18. The van der Waals surface area contributed by atoms with Gasteiger partial charge in [0.25, 0.3) is 17.7 Å². The molecule has 1 saturated heterocycles. The van der Waals surface area contributed by atoms with Crippen molar-refractivity contribution in [2.45, 2.75) is 25.8 Å². The molecule has 0 bridgehead atoms. The van der Waals surface area contributed by atoms with Gasteiger partial charge in [0.1, 0.15) is 17.6 Å². The lowest BCUT2D eigenvalue weighted by molar-refractivity contribution is -0.136. The van der Waals surface area contributed by atoms with Crippen LogP contribution < -0.4 is 20.3 Å². The summed E-state index contributed by atoms with van der Waals surface area (Å²) in [7, 11) is 1.59. The summed E-state index contributed by atoms with van der Waals surface area (Å²) in [6.45, 7) is 1.54. The van der Waals surface area contributed by atoms with E-state index >= 15 is 4.39 Å². The predicted octanol–water partition coefficient (Wildman–Crippen LogP) is 2.70. The highest BCUT2D eigenvalue weighted by molar-refractivity contribution is 6.25. The highest BCUT2D eigenvalue weighted by Gasteiger charge is 2.45. The number of likely N-dealkylation sites (N-methyl/N-ethyl adjacent to an activating group) is 1. The topological polar surface area (TPSA) is 138 Å². The van der Waals surface area contributed by atoms with E-state index in [4.69, 9.17) is 4.74 Å². The van der Waals surface area contributed by atoms with Gasteiger partial charge in [0, 0.05) is 36.0 Å². The van der Waals surface area contributed by atoms with E-state index in [0.717, 1.165) is 11.1 Å². The van der Waals surface area contributed by atoms with Crippen LogP contribution in [0.25, 0.3) is 11.1 Å². The molecule has 0 radical (unpaired) electrons. The Morgan fingerprint density at radius 3 is 2.60 bits per heavy atom. The van der Waals surface area contributed by atoms with E-state index in [9.17, 15) is 24.0 Å². The molecule has 0 unspecified atom stereocenters. The Morgan fingerprint density at radius 1 is 1.02 bits per heavy atom. The highest BCUT2D eigenvalue weighted by atomic mass is 19.1. The number of halogens is 1. The van der Waals surface area contributed by atoms with Gasteiger partial charge in [0.05, 0.1) is 28.7 Å². The lowest BCUT2D eigenvalue weighted by Crippen LogP contribution is -2.54. The molecule has 3 aliphatic rings. The number of nitrogens with zero attached hydrogens (tertiary/aromatic N) is 3. The molecule has 0 aliphatic carbocycles. The van der Waals surface area contributed by atoms with Crippen LogP contribution >= 0.6 is 0 Å². The molecule has 202 valence electrons. The number of nitrogens with one attached hydrogen (secondary N) is 2. The number of aryl methyl sites for hydroxylation is 1. The summed E-state index contributed by atoms with van der Waals surface area (Å²) in [6, 6.07) is 8.29. The molecule has 4 heterocycles. The van der Waals surface area contributed by atoms with Crippen LogP contribution in [-0.4, -0.2) is 59.1 Å². The molecular formula is C28H22FN5O6. The molecule has 6 rings (SSSR count). The zero-order chi connectivity index (χ0) is 28.3. The number of ether oxygens (including phenoxy) is 1. The summed E-state index contributed by atoms with van der Waals surface area (Å²) in [5.74, 6) is -3.04. The summed E-state index contributed by atoms with van der Waals surface area (Å²) in [4.78, 5) is 69.6. The molecule has 40 heavy (non-hydrogen) atoms. The number of hydrogen-bond acceptors (Lipinski definition) is 8. The van der Waals surface area contributed by atoms with Crippen molar-refractivity contribution in [2.75, 3.05) is 23.9 Å². The maximum absolute atomic E-state index is 15.0. The van der Waals surface area contributed by atoms with Crippen LogP contribution in [-0.2, 0) is 14.4 Å². The second-order valence-corrected chi connectivity index (χ2v) is 9.71. The number of carbonyl (C=O) groups excluding carboxylic acids is 5. The van der Waals surface area contributed by atoms with Crippen molar-refractivity contribution in [2.24, 2.45) is 0 Å². The molecule has 0 spiro atoms. The molecule has 1 fully saturated rings. The first-order valence-electron chi connectivity index (χ1n) is 12.5. The Kier molecular flexibility index (Phi) is 5.82. The highest BCUT2D eigenvalue weighted by Crippen LogP contribution is 2.43. The number of aromatic nitrogens is 1. The minimum atomic E-state index is -1.12. The van der Waals surface area contributed by atoms with E-state index < -0.39 is 35.5 Å². The first-order valence-corrected chi connectivity index (χ1v) is 12.5. The molecule has 12 heteroatoms. The number of amides is 5. The average molecular weight is 544 g/mol. The fourth-order valence-corrected chi connectivity index (χ4v) is 5.16. The van der Waals surface area contributed by atoms with Crippen molar-refractivity contribution in [1.29, 1.82) is 0 Å². The number of hydrogen-bond donors (Lipinski definition) is 2. The number of imide groups is 2. The van der Waals surface area contributed by atoms with Gasteiger partial charge in [-0.2, -0.15) is 0 Å². The van der Waals surface area contributed by atoms with Crippen molar-refractivity contribution in [3.8, 4) is 16.9 Å². The maximum atomic E-state index is 15.0. The molecule has 5 amide bonds. The molecule has 1 atom stereocenters. The van der Waals surface area contributed by atoms with Gasteiger partial charge in [0.2, 0.25) is 11.8 Å². The van der Waals surface area contributed by atoms with E-state index in [1.165, 1.54) is 11.0 Å². The van der Waals surface area contributed by atoms with E-state index in [1.807, 2.05) is 0 Å². The van der Waals surface area contributed by atoms with Crippen LogP contribution in [0.15, 0.2) is 42.6 Å². The third kappa shape index (κ3) is 3.96. The number of rotatable bonds is 4. The fraction of sp³-hybridized carbons (Fsp3) is 0.214. The van der Waals surface area contributed by atoms with Crippen molar-refractivity contribution in [1.82, 2.24) is 15.2 Å². The third-order valence-corrected chi connectivity index (χ3v) is 7.21. The van der Waals surface area contributed by atoms with Crippen LogP contribution in [0.3, 0.4) is 0 Å². The molecule has 2 N–H and O–H groups in total. The second-order valence-electron chi connectivity index (χ2n) is 9.71. The Balaban J connectivity index is 1.46. The van der Waals surface area contributed by atoms with E-state index in [2.05, 4.69) is 15.6 Å². The zero-order valence-electron chi connectivity index (χ0n) is 21.4. The van der Waals surface area contributed by atoms with Gasteiger partial charge < -0.3 is 15.0 Å². The first kappa shape index (κ1) is 25.2. The molecule has 1 aromatic heterocycles. The number of piperidine rings is 1. The standard InChI is InChI=1S/C28H22FN5O6/c1-13-8-15(17(29)11-30-13)16-9-22-21(33(2)24(36)12-40-22)10-19(16)31-18-5-3-4-14-25(18)28(39)34(27(14)38)20-6-7-23(35)32-26(20)37/h3-5,8-11,20,31H,6-7,12H2,1-2H3,(H,32,35,37)/t20-/m0/s1. The molecule has 2 aromatic carbocycles. The summed E-state index contributed by atoms with van der Waals surface area (Å²) in [5, 5.41) is 5.34. The van der Waals surface area contributed by atoms with Crippen LogP contribution in [0.2, 0.25) is 0 Å². The molecule has 11 nitrogen and oxygen atoms in total. The van der Waals surface area contributed by atoms with E-state index in [1.54, 1.807) is 44.3 Å². The van der Waals surface area contributed by atoms with Crippen LogP contribution in [0.4, 0.5) is 21.5 Å². The second kappa shape index (κ2) is 9.26. The third-order valence-electron chi connectivity index (χ3n) is 7.21. The smallest absolute Gasteiger partial charge is 0.264 e. The zero-order valence-corrected chi connectivity index (χ0v) is 21.4.